The number of benzene rings is 1. The van der Waals surface area contributed by atoms with E-state index >= 15 is 0 Å². The first-order valence-corrected chi connectivity index (χ1v) is 6.25. The normalized spacial score (nSPS) is 22.6. The molecule has 102 valence electrons. The quantitative estimate of drug-likeness (QED) is 0.897. The van der Waals surface area contributed by atoms with Crippen LogP contribution in [0.15, 0.2) is 24.3 Å². The molecular weight excluding hydrogens is 246 g/mol. The average Bonchev–Trinajstić information content (AvgIpc) is 2.68. The molecule has 2 unspecified atom stereocenters. The van der Waals surface area contributed by atoms with Gasteiger partial charge in [0.05, 0.1) is 18.6 Å². The van der Waals surface area contributed by atoms with Crippen LogP contribution in [0.1, 0.15) is 24.9 Å². The fraction of sp³-hybridized carbons (Fsp3) is 0.429. The van der Waals surface area contributed by atoms with E-state index in [0.717, 1.165) is 11.3 Å². The highest BCUT2D eigenvalue weighted by atomic mass is 16.5. The minimum atomic E-state index is -0.934. The van der Waals surface area contributed by atoms with Crippen molar-refractivity contribution in [2.45, 2.75) is 19.4 Å². The van der Waals surface area contributed by atoms with Crippen molar-refractivity contribution in [3.63, 3.8) is 0 Å². The lowest BCUT2D eigenvalue weighted by Gasteiger charge is -2.23. The molecule has 1 aliphatic rings. The van der Waals surface area contributed by atoms with Gasteiger partial charge in [-0.25, -0.2) is 0 Å². The van der Waals surface area contributed by atoms with Crippen molar-refractivity contribution in [2.24, 2.45) is 5.92 Å². The Balaban J connectivity index is 2.27. The second-order valence-corrected chi connectivity index (χ2v) is 4.60. The molecule has 1 aromatic rings. The first-order valence-electron chi connectivity index (χ1n) is 6.25. The topological polar surface area (TPSA) is 66.8 Å². The SMILES string of the molecule is CCOc1ccc(C2C(C(=O)O)CC(=O)N2C)cc1. The number of aliphatic carboxylic acids is 1. The smallest absolute Gasteiger partial charge is 0.309 e. The molecule has 0 spiro atoms. The molecule has 1 amide bonds. The Hall–Kier alpha value is -2.04. The summed E-state index contributed by atoms with van der Waals surface area (Å²) in [5, 5.41) is 9.22. The van der Waals surface area contributed by atoms with Gasteiger partial charge < -0.3 is 14.7 Å². The number of nitrogens with zero attached hydrogens (tertiary/aromatic N) is 1. The van der Waals surface area contributed by atoms with Crippen LogP contribution in [0, 0.1) is 5.92 Å². The molecule has 1 saturated heterocycles. The first-order chi connectivity index (χ1) is 9.04. The maximum absolute atomic E-state index is 11.7. The Labute approximate surface area is 111 Å². The van der Waals surface area contributed by atoms with Crippen LogP contribution in [0.4, 0.5) is 0 Å². The number of carbonyl (C=O) groups is 2. The second-order valence-electron chi connectivity index (χ2n) is 4.60. The van der Waals surface area contributed by atoms with E-state index in [1.54, 1.807) is 19.2 Å². The lowest BCUT2D eigenvalue weighted by molar-refractivity contribution is -0.142. The van der Waals surface area contributed by atoms with Crippen LogP contribution in [0.25, 0.3) is 0 Å². The maximum Gasteiger partial charge on any atom is 0.309 e. The Bertz CT molecular complexity index is 483. The average molecular weight is 263 g/mol. The van der Waals surface area contributed by atoms with E-state index < -0.39 is 17.9 Å². The summed E-state index contributed by atoms with van der Waals surface area (Å²) in [7, 11) is 1.65. The Kier molecular flexibility index (Phi) is 3.74. The molecule has 5 heteroatoms. The first kappa shape index (κ1) is 13.4. The van der Waals surface area contributed by atoms with Crippen molar-refractivity contribution >= 4 is 11.9 Å². The summed E-state index contributed by atoms with van der Waals surface area (Å²) < 4.78 is 5.35. The Morgan fingerprint density at radius 2 is 2.05 bits per heavy atom. The molecule has 0 radical (unpaired) electrons. The van der Waals surface area contributed by atoms with Crippen LogP contribution in [0.5, 0.6) is 5.75 Å². The van der Waals surface area contributed by atoms with Crippen LogP contribution < -0.4 is 4.74 Å². The standard InChI is InChI=1S/C14H17NO4/c1-3-19-10-6-4-9(5-7-10)13-11(14(17)18)8-12(16)15(13)2/h4-7,11,13H,3,8H2,1-2H3,(H,17,18). The van der Waals surface area contributed by atoms with E-state index in [1.807, 2.05) is 19.1 Å². The highest BCUT2D eigenvalue weighted by Crippen LogP contribution is 2.37. The number of hydrogen-bond acceptors (Lipinski definition) is 3. The lowest BCUT2D eigenvalue weighted by atomic mass is 9.94. The number of carboxylic acid groups (broad SMARTS) is 1. The summed E-state index contributed by atoms with van der Waals surface area (Å²) >= 11 is 0. The molecule has 5 nitrogen and oxygen atoms in total. The van der Waals surface area contributed by atoms with Gasteiger partial charge in [-0.3, -0.25) is 9.59 Å². The van der Waals surface area contributed by atoms with Crippen LogP contribution in [-0.2, 0) is 9.59 Å². The minimum absolute atomic E-state index is 0.0592. The van der Waals surface area contributed by atoms with Gasteiger partial charge >= 0.3 is 5.97 Å². The predicted octanol–water partition coefficient (Wildman–Crippen LogP) is 1.69. The number of rotatable bonds is 4. The van der Waals surface area contributed by atoms with Gasteiger partial charge in [-0.1, -0.05) is 12.1 Å². The third kappa shape index (κ3) is 2.54. The molecule has 0 aliphatic carbocycles. The van der Waals surface area contributed by atoms with Crippen molar-refractivity contribution in [3.05, 3.63) is 29.8 Å². The monoisotopic (exact) mass is 263 g/mol. The number of amides is 1. The molecule has 0 bridgehead atoms. The number of carboxylic acids is 1. The van der Waals surface area contributed by atoms with E-state index in [2.05, 4.69) is 0 Å². The second kappa shape index (κ2) is 5.30. The molecule has 1 N–H and O–H groups in total. The molecule has 1 heterocycles. The van der Waals surface area contributed by atoms with Crippen molar-refractivity contribution in [1.29, 1.82) is 0 Å². The predicted molar refractivity (Wildman–Crippen MR) is 68.9 cm³/mol. The van der Waals surface area contributed by atoms with Gasteiger partial charge in [0.1, 0.15) is 5.75 Å². The van der Waals surface area contributed by atoms with Gasteiger partial charge in [-0.05, 0) is 24.6 Å². The van der Waals surface area contributed by atoms with E-state index in [4.69, 9.17) is 4.74 Å². The van der Waals surface area contributed by atoms with Crippen molar-refractivity contribution in [2.75, 3.05) is 13.7 Å². The largest absolute Gasteiger partial charge is 0.494 e. The molecule has 1 aliphatic heterocycles. The maximum atomic E-state index is 11.7. The van der Waals surface area contributed by atoms with E-state index in [0.29, 0.717) is 6.61 Å². The highest BCUT2D eigenvalue weighted by Gasteiger charge is 2.42. The molecule has 0 aromatic heterocycles. The van der Waals surface area contributed by atoms with Gasteiger partial charge in [-0.15, -0.1) is 0 Å². The zero-order valence-corrected chi connectivity index (χ0v) is 11.0. The van der Waals surface area contributed by atoms with Crippen LogP contribution in [0.2, 0.25) is 0 Å². The van der Waals surface area contributed by atoms with Crippen molar-refractivity contribution in [3.8, 4) is 5.75 Å². The Morgan fingerprint density at radius 1 is 1.42 bits per heavy atom. The molecule has 1 aromatic carbocycles. The van der Waals surface area contributed by atoms with Crippen LogP contribution >= 0.6 is 0 Å². The van der Waals surface area contributed by atoms with Crippen LogP contribution in [0.3, 0.4) is 0 Å². The van der Waals surface area contributed by atoms with E-state index in [-0.39, 0.29) is 12.3 Å². The molecular formula is C14H17NO4. The van der Waals surface area contributed by atoms with Gasteiger partial charge in [-0.2, -0.15) is 0 Å². The fourth-order valence-electron chi connectivity index (χ4n) is 2.47. The summed E-state index contributed by atoms with van der Waals surface area (Å²) in [6, 6.07) is 6.84. The summed E-state index contributed by atoms with van der Waals surface area (Å²) in [6.45, 7) is 2.48. The van der Waals surface area contributed by atoms with Gasteiger partial charge in [0, 0.05) is 13.5 Å². The summed E-state index contributed by atoms with van der Waals surface area (Å²) in [6.07, 6.45) is 0.0592. The molecule has 0 saturated carbocycles. The summed E-state index contributed by atoms with van der Waals surface area (Å²) in [5.74, 6) is -1.01. The molecule has 2 atom stereocenters. The number of likely N-dealkylation sites (tertiary alicyclic amines) is 1. The molecule has 1 fully saturated rings. The fourth-order valence-corrected chi connectivity index (χ4v) is 2.47. The van der Waals surface area contributed by atoms with E-state index in [1.165, 1.54) is 4.90 Å². The van der Waals surface area contributed by atoms with Crippen LogP contribution in [-0.4, -0.2) is 35.5 Å². The number of hydrogen-bond donors (Lipinski definition) is 1. The zero-order valence-electron chi connectivity index (χ0n) is 11.0. The Morgan fingerprint density at radius 3 is 2.58 bits per heavy atom. The highest BCUT2D eigenvalue weighted by molar-refractivity contribution is 5.87. The third-order valence-electron chi connectivity index (χ3n) is 3.44. The molecule has 19 heavy (non-hydrogen) atoms. The summed E-state index contributed by atoms with van der Waals surface area (Å²) in [4.78, 5) is 24.4. The number of carbonyl (C=O) groups excluding carboxylic acids is 1. The zero-order chi connectivity index (χ0) is 14.0. The van der Waals surface area contributed by atoms with Gasteiger partial charge in [0.25, 0.3) is 0 Å². The van der Waals surface area contributed by atoms with Gasteiger partial charge in [0.15, 0.2) is 0 Å². The summed E-state index contributed by atoms with van der Waals surface area (Å²) in [5.41, 5.74) is 0.823. The van der Waals surface area contributed by atoms with Gasteiger partial charge in [0.2, 0.25) is 5.91 Å². The number of ether oxygens (including phenoxy) is 1. The van der Waals surface area contributed by atoms with Crippen molar-refractivity contribution in [1.82, 2.24) is 4.90 Å². The third-order valence-corrected chi connectivity index (χ3v) is 3.44. The lowest BCUT2D eigenvalue weighted by Crippen LogP contribution is -2.26. The van der Waals surface area contributed by atoms with E-state index in [9.17, 15) is 14.7 Å². The molecule has 2 rings (SSSR count). The minimum Gasteiger partial charge on any atom is -0.494 e. The van der Waals surface area contributed by atoms with Crippen molar-refractivity contribution < 1.29 is 19.4 Å².